The molecule has 7 heteroatoms. The van der Waals surface area contributed by atoms with E-state index in [1.807, 2.05) is 6.07 Å². The third-order valence-electron chi connectivity index (χ3n) is 4.39. The molecule has 2 N–H and O–H groups in total. The van der Waals surface area contributed by atoms with Gasteiger partial charge in [0.2, 0.25) is 5.91 Å². The minimum Gasteiger partial charge on any atom is -0.350 e. The second-order valence-electron chi connectivity index (χ2n) is 5.89. The molecule has 6 nitrogen and oxygen atoms in total. The van der Waals surface area contributed by atoms with Crippen molar-refractivity contribution in [3.63, 3.8) is 0 Å². The number of halogens is 1. The maximum atomic E-state index is 12.6. The number of anilines is 1. The Hall–Kier alpha value is -2.26. The summed E-state index contributed by atoms with van der Waals surface area (Å²) in [5.74, 6) is -0.124. The number of nitrogens with zero attached hydrogens (tertiary/aromatic N) is 2. The second-order valence-corrected chi connectivity index (χ2v) is 6.30. The summed E-state index contributed by atoms with van der Waals surface area (Å²) in [6.07, 6.45) is 3.93. The van der Waals surface area contributed by atoms with Crippen LogP contribution in [0.15, 0.2) is 18.2 Å². The van der Waals surface area contributed by atoms with Crippen molar-refractivity contribution in [3.05, 3.63) is 28.8 Å². The summed E-state index contributed by atoms with van der Waals surface area (Å²) < 4.78 is 0. The molecule has 1 aliphatic heterocycles. The van der Waals surface area contributed by atoms with Gasteiger partial charge in [-0.15, -0.1) is 0 Å². The van der Waals surface area contributed by atoms with E-state index in [-0.39, 0.29) is 35.6 Å². The van der Waals surface area contributed by atoms with Gasteiger partial charge in [0, 0.05) is 11.7 Å². The highest BCUT2D eigenvalue weighted by molar-refractivity contribution is 6.32. The van der Waals surface area contributed by atoms with Gasteiger partial charge in [-0.05, 0) is 31.0 Å². The number of hydrogen-bond donors (Lipinski definition) is 2. The quantitative estimate of drug-likeness (QED) is 0.828. The van der Waals surface area contributed by atoms with Crippen LogP contribution in [-0.4, -0.2) is 35.5 Å². The average molecular weight is 333 g/mol. The number of benzene rings is 1. The number of nitrogens with one attached hydrogen (secondary N) is 2. The van der Waals surface area contributed by atoms with Crippen LogP contribution in [0, 0.1) is 11.3 Å². The molecule has 0 bridgehead atoms. The number of carbonyl (C=O) groups is 2. The molecular weight excluding hydrogens is 316 g/mol. The predicted molar refractivity (Wildman–Crippen MR) is 86.1 cm³/mol. The van der Waals surface area contributed by atoms with Crippen LogP contribution in [0.25, 0.3) is 0 Å². The van der Waals surface area contributed by atoms with Gasteiger partial charge < -0.3 is 15.5 Å². The van der Waals surface area contributed by atoms with Crippen LogP contribution in [0.5, 0.6) is 0 Å². The molecule has 3 amide bonds. The van der Waals surface area contributed by atoms with Crippen LogP contribution in [0.4, 0.5) is 10.5 Å². The number of rotatable bonds is 1. The zero-order chi connectivity index (χ0) is 16.4. The van der Waals surface area contributed by atoms with E-state index >= 15 is 0 Å². The average Bonchev–Trinajstić information content (AvgIpc) is 2.54. The van der Waals surface area contributed by atoms with Crippen molar-refractivity contribution in [2.75, 3.05) is 11.9 Å². The van der Waals surface area contributed by atoms with Crippen LogP contribution in [0.2, 0.25) is 5.02 Å². The summed E-state index contributed by atoms with van der Waals surface area (Å²) in [4.78, 5) is 26.0. The topological polar surface area (TPSA) is 85.2 Å². The van der Waals surface area contributed by atoms with Gasteiger partial charge in [0.05, 0.1) is 16.6 Å². The van der Waals surface area contributed by atoms with Gasteiger partial charge in [-0.1, -0.05) is 24.4 Å². The van der Waals surface area contributed by atoms with Crippen molar-refractivity contribution < 1.29 is 9.59 Å². The van der Waals surface area contributed by atoms with Crippen LogP contribution in [0.3, 0.4) is 0 Å². The van der Waals surface area contributed by atoms with Crippen LogP contribution >= 0.6 is 11.6 Å². The summed E-state index contributed by atoms with van der Waals surface area (Å²) >= 11 is 5.98. The summed E-state index contributed by atoms with van der Waals surface area (Å²) in [5.41, 5.74) is 0.867. The van der Waals surface area contributed by atoms with Crippen molar-refractivity contribution in [2.45, 2.75) is 37.8 Å². The molecule has 0 spiro atoms. The first-order valence-electron chi connectivity index (χ1n) is 7.65. The minimum absolute atomic E-state index is 0.0373. The fraction of sp³-hybridized carbons (Fsp3) is 0.438. The normalized spacial score (nSPS) is 23.5. The van der Waals surface area contributed by atoms with Gasteiger partial charge in [0.25, 0.3) is 0 Å². The molecule has 3 rings (SSSR count). The van der Waals surface area contributed by atoms with Crippen LogP contribution < -0.4 is 10.6 Å². The fourth-order valence-corrected chi connectivity index (χ4v) is 3.50. The minimum atomic E-state index is -0.308. The van der Waals surface area contributed by atoms with Crippen LogP contribution in [-0.2, 0) is 4.79 Å². The first kappa shape index (κ1) is 15.6. The van der Waals surface area contributed by atoms with Gasteiger partial charge in [-0.25, -0.2) is 4.79 Å². The summed E-state index contributed by atoms with van der Waals surface area (Å²) in [6.45, 7) is 0.0665. The number of hydrogen-bond acceptors (Lipinski definition) is 3. The molecule has 1 saturated carbocycles. The lowest BCUT2D eigenvalue weighted by molar-refractivity contribution is -0.126. The van der Waals surface area contributed by atoms with Crippen LogP contribution in [0.1, 0.15) is 31.2 Å². The number of piperazine rings is 1. The first-order chi connectivity index (χ1) is 11.1. The van der Waals surface area contributed by atoms with E-state index in [4.69, 9.17) is 16.9 Å². The van der Waals surface area contributed by atoms with Crippen molar-refractivity contribution >= 4 is 29.2 Å². The SMILES string of the molecule is N#Cc1ccc(NC(=O)N2CC(=O)NC3CCCCC32)cc1Cl. The molecule has 0 aromatic heterocycles. The van der Waals surface area contributed by atoms with Gasteiger partial charge in [-0.3, -0.25) is 4.79 Å². The smallest absolute Gasteiger partial charge is 0.322 e. The highest BCUT2D eigenvalue weighted by atomic mass is 35.5. The molecule has 0 radical (unpaired) electrons. The number of fused-ring (bicyclic) bond motifs is 1. The Morgan fingerprint density at radius 2 is 2.17 bits per heavy atom. The standard InChI is InChI=1S/C16H17ClN4O2/c17-12-7-11(6-5-10(12)8-18)19-16(23)21-9-15(22)20-13-3-1-2-4-14(13)21/h5-7,13-14H,1-4,9H2,(H,19,23)(H,20,22). The van der Waals surface area contributed by atoms with E-state index in [2.05, 4.69) is 10.6 Å². The van der Waals surface area contributed by atoms with E-state index in [0.717, 1.165) is 25.7 Å². The number of carbonyl (C=O) groups excluding carboxylic acids is 2. The fourth-order valence-electron chi connectivity index (χ4n) is 3.28. The molecule has 2 atom stereocenters. The largest absolute Gasteiger partial charge is 0.350 e. The molecule has 1 aromatic rings. The lowest BCUT2D eigenvalue weighted by Gasteiger charge is -2.43. The van der Waals surface area contributed by atoms with Crippen molar-refractivity contribution in [1.82, 2.24) is 10.2 Å². The molecule has 1 aliphatic carbocycles. The highest BCUT2D eigenvalue weighted by Gasteiger charge is 2.38. The molecule has 23 heavy (non-hydrogen) atoms. The van der Waals surface area contributed by atoms with E-state index < -0.39 is 0 Å². The molecular formula is C16H17ClN4O2. The van der Waals surface area contributed by atoms with Crippen molar-refractivity contribution in [1.29, 1.82) is 5.26 Å². The summed E-state index contributed by atoms with van der Waals surface area (Å²) in [6, 6.07) is 6.48. The molecule has 2 fully saturated rings. The third kappa shape index (κ3) is 3.25. The second kappa shape index (κ2) is 6.47. The zero-order valence-corrected chi connectivity index (χ0v) is 13.3. The Kier molecular flexibility index (Phi) is 4.39. The van der Waals surface area contributed by atoms with Gasteiger partial charge in [-0.2, -0.15) is 5.26 Å². The Morgan fingerprint density at radius 1 is 1.39 bits per heavy atom. The van der Waals surface area contributed by atoms with E-state index in [0.29, 0.717) is 11.3 Å². The maximum Gasteiger partial charge on any atom is 0.322 e. The van der Waals surface area contributed by atoms with E-state index in [1.165, 1.54) is 0 Å². The molecule has 2 unspecified atom stereocenters. The molecule has 1 heterocycles. The van der Waals surface area contributed by atoms with Crippen molar-refractivity contribution in [3.8, 4) is 6.07 Å². The number of urea groups is 1. The van der Waals surface area contributed by atoms with Gasteiger partial charge >= 0.3 is 6.03 Å². The summed E-state index contributed by atoms with van der Waals surface area (Å²) in [5, 5.41) is 14.9. The van der Waals surface area contributed by atoms with E-state index in [1.54, 1.807) is 23.1 Å². The Balaban J connectivity index is 1.75. The summed E-state index contributed by atoms with van der Waals surface area (Å²) in [7, 11) is 0. The Bertz CT molecular complexity index is 685. The molecule has 2 aliphatic rings. The number of amides is 3. The lowest BCUT2D eigenvalue weighted by Crippen LogP contribution is -2.63. The Morgan fingerprint density at radius 3 is 2.91 bits per heavy atom. The van der Waals surface area contributed by atoms with Gasteiger partial charge in [0.15, 0.2) is 0 Å². The molecule has 1 aromatic carbocycles. The molecule has 1 saturated heterocycles. The monoisotopic (exact) mass is 332 g/mol. The first-order valence-corrected chi connectivity index (χ1v) is 8.03. The van der Waals surface area contributed by atoms with Gasteiger partial charge in [0.1, 0.15) is 12.6 Å². The van der Waals surface area contributed by atoms with Crippen molar-refractivity contribution in [2.24, 2.45) is 0 Å². The zero-order valence-electron chi connectivity index (χ0n) is 12.5. The predicted octanol–water partition coefficient (Wildman–Crippen LogP) is 2.49. The highest BCUT2D eigenvalue weighted by Crippen LogP contribution is 2.27. The lowest BCUT2D eigenvalue weighted by atomic mass is 9.87. The maximum absolute atomic E-state index is 12.6. The number of nitriles is 1. The Labute approximate surface area is 139 Å². The molecule has 120 valence electrons. The van der Waals surface area contributed by atoms with E-state index in [9.17, 15) is 9.59 Å². The third-order valence-corrected chi connectivity index (χ3v) is 4.70.